The average molecular weight is 343 g/mol. The number of halogens is 1. The fourth-order valence-corrected chi connectivity index (χ4v) is 2.19. The Morgan fingerprint density at radius 2 is 1.08 bits per heavy atom. The summed E-state index contributed by atoms with van der Waals surface area (Å²) >= 11 is 6.19. The van der Waals surface area contributed by atoms with Crippen LogP contribution in [-0.2, 0) is 0 Å². The van der Waals surface area contributed by atoms with Gasteiger partial charge < -0.3 is 0 Å². The Morgan fingerprint density at radius 3 is 1.42 bits per heavy atom. The van der Waals surface area contributed by atoms with Crippen LogP contribution in [0.4, 0.5) is 0 Å². The summed E-state index contributed by atoms with van der Waals surface area (Å²) in [5, 5.41) is 0.684. The molecule has 2 nitrogen and oxygen atoms in total. The first-order chi connectivity index (χ1) is 11.3. The van der Waals surface area contributed by atoms with Crippen LogP contribution in [0.15, 0.2) is 67.0 Å². The molecule has 3 aromatic rings. The lowest BCUT2D eigenvalue weighted by atomic mass is 10.0. The fourth-order valence-electron chi connectivity index (χ4n) is 1.95. The van der Waals surface area contributed by atoms with E-state index in [9.17, 15) is 0 Å². The first-order valence-electron chi connectivity index (χ1n) is 7.96. The standard InChI is InChI=1S/C16H11ClN2.2C2H6.CH4/c17-14-10-12(15-5-1-3-7-18-15)9-13(11-14)16-6-2-4-8-19-16;2*1-2;/h1-11H;2*1-2H3;1H4. The van der Waals surface area contributed by atoms with E-state index in [1.54, 1.807) is 12.4 Å². The van der Waals surface area contributed by atoms with E-state index in [4.69, 9.17) is 11.6 Å². The van der Waals surface area contributed by atoms with Gasteiger partial charge in [0.2, 0.25) is 0 Å². The van der Waals surface area contributed by atoms with Gasteiger partial charge in [0, 0.05) is 28.5 Å². The van der Waals surface area contributed by atoms with Crippen molar-refractivity contribution in [2.45, 2.75) is 35.1 Å². The van der Waals surface area contributed by atoms with Gasteiger partial charge in [0.25, 0.3) is 0 Å². The Hall–Kier alpha value is -2.19. The highest BCUT2D eigenvalue weighted by Crippen LogP contribution is 2.28. The van der Waals surface area contributed by atoms with E-state index in [-0.39, 0.29) is 7.43 Å². The van der Waals surface area contributed by atoms with Crippen LogP contribution in [-0.4, -0.2) is 9.97 Å². The molecule has 24 heavy (non-hydrogen) atoms. The van der Waals surface area contributed by atoms with Gasteiger partial charge in [0.15, 0.2) is 0 Å². The zero-order valence-corrected chi connectivity index (χ0v) is 14.9. The number of pyridine rings is 2. The van der Waals surface area contributed by atoms with Gasteiger partial charge in [0.05, 0.1) is 11.4 Å². The van der Waals surface area contributed by atoms with Crippen LogP contribution in [0.2, 0.25) is 5.02 Å². The predicted octanol–water partition coefficient (Wildman–Crippen LogP) is 7.15. The zero-order chi connectivity index (χ0) is 17.1. The van der Waals surface area contributed by atoms with E-state index in [1.165, 1.54) is 0 Å². The summed E-state index contributed by atoms with van der Waals surface area (Å²) in [5.74, 6) is 0. The van der Waals surface area contributed by atoms with E-state index in [2.05, 4.69) is 16.0 Å². The summed E-state index contributed by atoms with van der Waals surface area (Å²) in [6.07, 6.45) is 3.55. The molecule has 0 radical (unpaired) electrons. The molecule has 128 valence electrons. The Balaban J connectivity index is 0.000000987. The van der Waals surface area contributed by atoms with Crippen molar-refractivity contribution in [3.63, 3.8) is 0 Å². The van der Waals surface area contributed by atoms with Gasteiger partial charge in [-0.05, 0) is 42.5 Å². The van der Waals surface area contributed by atoms with Crippen molar-refractivity contribution in [3.8, 4) is 22.5 Å². The van der Waals surface area contributed by atoms with Crippen molar-refractivity contribution in [1.29, 1.82) is 0 Å². The summed E-state index contributed by atoms with van der Waals surface area (Å²) in [7, 11) is 0. The van der Waals surface area contributed by atoms with Crippen LogP contribution in [0.25, 0.3) is 22.5 Å². The number of hydrogen-bond donors (Lipinski definition) is 0. The van der Waals surface area contributed by atoms with Crippen LogP contribution >= 0.6 is 11.6 Å². The molecule has 0 aliphatic rings. The number of hydrogen-bond acceptors (Lipinski definition) is 2. The smallest absolute Gasteiger partial charge is 0.0702 e. The van der Waals surface area contributed by atoms with E-state index in [0.717, 1.165) is 22.5 Å². The summed E-state index contributed by atoms with van der Waals surface area (Å²) in [6.45, 7) is 8.00. The Morgan fingerprint density at radius 1 is 0.667 bits per heavy atom. The van der Waals surface area contributed by atoms with Crippen molar-refractivity contribution in [2.75, 3.05) is 0 Å². The zero-order valence-electron chi connectivity index (χ0n) is 14.1. The van der Waals surface area contributed by atoms with E-state index in [0.29, 0.717) is 5.02 Å². The summed E-state index contributed by atoms with van der Waals surface area (Å²) in [6, 6.07) is 17.5. The van der Waals surface area contributed by atoms with E-state index >= 15 is 0 Å². The molecule has 0 aliphatic heterocycles. The van der Waals surface area contributed by atoms with Gasteiger partial charge in [-0.25, -0.2) is 0 Å². The van der Waals surface area contributed by atoms with Crippen molar-refractivity contribution >= 4 is 11.6 Å². The van der Waals surface area contributed by atoms with Crippen LogP contribution < -0.4 is 0 Å². The normalized spacial score (nSPS) is 8.71. The average Bonchev–Trinajstić information content (AvgIpc) is 2.66. The van der Waals surface area contributed by atoms with E-state index < -0.39 is 0 Å². The molecule has 0 aliphatic carbocycles. The van der Waals surface area contributed by atoms with E-state index in [1.807, 2.05) is 76.2 Å². The Bertz CT molecular complexity index is 625. The number of rotatable bonds is 2. The fraction of sp³-hybridized carbons (Fsp3) is 0.238. The third kappa shape index (κ3) is 6.13. The second kappa shape index (κ2) is 12.3. The third-order valence-corrected chi connectivity index (χ3v) is 3.04. The highest BCUT2D eigenvalue weighted by molar-refractivity contribution is 6.31. The molecular weight excluding hydrogens is 316 g/mol. The number of nitrogens with zero attached hydrogens (tertiary/aromatic N) is 2. The third-order valence-electron chi connectivity index (χ3n) is 2.82. The van der Waals surface area contributed by atoms with Crippen LogP contribution in [0.1, 0.15) is 35.1 Å². The minimum Gasteiger partial charge on any atom is -0.256 e. The molecule has 1 aromatic carbocycles. The molecule has 3 rings (SSSR count). The molecule has 0 atom stereocenters. The van der Waals surface area contributed by atoms with Gasteiger partial charge in [-0.1, -0.05) is 58.9 Å². The molecule has 2 aromatic heterocycles. The highest BCUT2D eigenvalue weighted by atomic mass is 35.5. The van der Waals surface area contributed by atoms with Crippen LogP contribution in [0.5, 0.6) is 0 Å². The molecule has 0 saturated carbocycles. The van der Waals surface area contributed by atoms with Crippen LogP contribution in [0, 0.1) is 0 Å². The monoisotopic (exact) mass is 342 g/mol. The number of aromatic nitrogens is 2. The highest BCUT2D eigenvalue weighted by Gasteiger charge is 2.05. The lowest BCUT2D eigenvalue weighted by molar-refractivity contribution is 1.31. The molecule has 0 spiro atoms. The molecule has 0 unspecified atom stereocenters. The molecule has 0 N–H and O–H groups in total. The van der Waals surface area contributed by atoms with Crippen molar-refractivity contribution in [3.05, 3.63) is 72.0 Å². The topological polar surface area (TPSA) is 25.8 Å². The lowest BCUT2D eigenvalue weighted by Gasteiger charge is -2.06. The molecule has 0 fully saturated rings. The Labute approximate surface area is 151 Å². The molecule has 0 saturated heterocycles. The minimum absolute atomic E-state index is 0. The summed E-state index contributed by atoms with van der Waals surface area (Å²) < 4.78 is 0. The first kappa shape index (κ1) is 21.8. The van der Waals surface area contributed by atoms with Crippen molar-refractivity contribution in [2.24, 2.45) is 0 Å². The summed E-state index contributed by atoms with van der Waals surface area (Å²) in [4.78, 5) is 8.69. The van der Waals surface area contributed by atoms with Gasteiger partial charge >= 0.3 is 0 Å². The van der Waals surface area contributed by atoms with Gasteiger partial charge in [-0.15, -0.1) is 0 Å². The largest absolute Gasteiger partial charge is 0.256 e. The Kier molecular flexibility index (Phi) is 11.1. The molecular formula is C21H27ClN2. The van der Waals surface area contributed by atoms with Crippen LogP contribution in [0.3, 0.4) is 0 Å². The molecule has 0 amide bonds. The maximum Gasteiger partial charge on any atom is 0.0702 e. The first-order valence-corrected chi connectivity index (χ1v) is 8.34. The summed E-state index contributed by atoms with van der Waals surface area (Å²) in [5.41, 5.74) is 3.80. The predicted molar refractivity (Wildman–Crippen MR) is 107 cm³/mol. The molecule has 2 heterocycles. The van der Waals surface area contributed by atoms with Gasteiger partial charge in [-0.2, -0.15) is 0 Å². The number of benzene rings is 1. The van der Waals surface area contributed by atoms with Crippen molar-refractivity contribution < 1.29 is 0 Å². The molecule has 3 heteroatoms. The maximum absolute atomic E-state index is 6.19. The minimum atomic E-state index is 0. The quantitative estimate of drug-likeness (QED) is 0.494. The SMILES string of the molecule is C.CC.CC.Clc1cc(-c2ccccn2)cc(-c2ccccn2)c1. The van der Waals surface area contributed by atoms with Crippen molar-refractivity contribution in [1.82, 2.24) is 9.97 Å². The second-order valence-electron chi connectivity index (χ2n) is 4.16. The van der Waals surface area contributed by atoms with Gasteiger partial charge in [0.1, 0.15) is 0 Å². The van der Waals surface area contributed by atoms with Gasteiger partial charge in [-0.3, -0.25) is 9.97 Å². The maximum atomic E-state index is 6.19. The second-order valence-corrected chi connectivity index (χ2v) is 4.59. The lowest BCUT2D eigenvalue weighted by Crippen LogP contribution is -1.86. The molecule has 0 bridgehead atoms.